The van der Waals surface area contributed by atoms with E-state index >= 15 is 0 Å². The summed E-state index contributed by atoms with van der Waals surface area (Å²) >= 11 is 0. The number of nitrogens with one attached hydrogen (secondary N) is 2. The van der Waals surface area contributed by atoms with Crippen LogP contribution in [-0.2, 0) is 4.79 Å². The predicted molar refractivity (Wildman–Crippen MR) is 91.2 cm³/mol. The number of hydrogen-bond acceptors (Lipinski definition) is 4. The average molecular weight is 310 g/mol. The number of aryl methyl sites for hydroxylation is 1. The van der Waals surface area contributed by atoms with Crippen molar-refractivity contribution in [3.8, 4) is 0 Å². The molecule has 0 bridgehead atoms. The van der Waals surface area contributed by atoms with Crippen molar-refractivity contribution in [1.82, 2.24) is 15.2 Å². The highest BCUT2D eigenvalue weighted by atomic mass is 16.2. The largest absolute Gasteiger partial charge is 0.325 e. The molecule has 0 saturated carbocycles. The number of amides is 1. The van der Waals surface area contributed by atoms with Crippen molar-refractivity contribution in [1.29, 1.82) is 0 Å². The van der Waals surface area contributed by atoms with Gasteiger partial charge >= 0.3 is 0 Å². The second-order valence-corrected chi connectivity index (χ2v) is 5.89. The molecule has 1 saturated heterocycles. The van der Waals surface area contributed by atoms with Gasteiger partial charge in [0, 0.05) is 43.8 Å². The molecule has 2 N–H and O–H groups in total. The molecule has 0 radical (unpaired) electrons. The van der Waals surface area contributed by atoms with Crippen molar-refractivity contribution in [3.63, 3.8) is 0 Å². The van der Waals surface area contributed by atoms with Crippen molar-refractivity contribution in [3.05, 3.63) is 59.9 Å². The van der Waals surface area contributed by atoms with Crippen LogP contribution in [0.4, 0.5) is 5.69 Å². The third kappa shape index (κ3) is 4.15. The monoisotopic (exact) mass is 310 g/mol. The second kappa shape index (κ2) is 7.35. The Balaban J connectivity index is 1.64. The van der Waals surface area contributed by atoms with Gasteiger partial charge in [0.05, 0.1) is 6.54 Å². The summed E-state index contributed by atoms with van der Waals surface area (Å²) < 4.78 is 0. The quantitative estimate of drug-likeness (QED) is 0.906. The van der Waals surface area contributed by atoms with Gasteiger partial charge in [-0.2, -0.15) is 0 Å². The van der Waals surface area contributed by atoms with Crippen LogP contribution in [0.1, 0.15) is 17.2 Å². The first-order valence-electron chi connectivity index (χ1n) is 7.93. The Morgan fingerprint density at radius 2 is 2.17 bits per heavy atom. The van der Waals surface area contributed by atoms with Gasteiger partial charge in [-0.25, -0.2) is 0 Å². The first kappa shape index (κ1) is 15.6. The topological polar surface area (TPSA) is 57.3 Å². The molecule has 0 aliphatic carbocycles. The third-order valence-corrected chi connectivity index (χ3v) is 4.11. The van der Waals surface area contributed by atoms with E-state index in [-0.39, 0.29) is 11.9 Å². The van der Waals surface area contributed by atoms with E-state index in [1.54, 1.807) is 6.20 Å². The lowest BCUT2D eigenvalue weighted by Crippen LogP contribution is -2.48. The molecule has 5 nitrogen and oxygen atoms in total. The van der Waals surface area contributed by atoms with Gasteiger partial charge in [0.1, 0.15) is 0 Å². The molecule has 1 fully saturated rings. The first-order valence-corrected chi connectivity index (χ1v) is 7.93. The van der Waals surface area contributed by atoms with Crippen molar-refractivity contribution in [2.45, 2.75) is 13.0 Å². The van der Waals surface area contributed by atoms with E-state index in [0.29, 0.717) is 6.54 Å². The summed E-state index contributed by atoms with van der Waals surface area (Å²) in [6, 6.07) is 12.1. The number of nitrogens with zero attached hydrogens (tertiary/aromatic N) is 2. The molecule has 1 aromatic heterocycles. The second-order valence-electron chi connectivity index (χ2n) is 5.89. The van der Waals surface area contributed by atoms with E-state index in [4.69, 9.17) is 0 Å². The van der Waals surface area contributed by atoms with Crippen LogP contribution in [0, 0.1) is 6.92 Å². The van der Waals surface area contributed by atoms with Gasteiger partial charge in [-0.05, 0) is 30.7 Å². The zero-order valence-electron chi connectivity index (χ0n) is 13.3. The Labute approximate surface area is 136 Å². The summed E-state index contributed by atoms with van der Waals surface area (Å²) in [6.45, 7) is 5.00. The van der Waals surface area contributed by atoms with Crippen LogP contribution in [0.3, 0.4) is 0 Å². The predicted octanol–water partition coefficient (Wildman–Crippen LogP) is 1.98. The molecule has 1 aromatic carbocycles. The highest BCUT2D eigenvalue weighted by Gasteiger charge is 2.25. The average Bonchev–Trinajstić information content (AvgIpc) is 2.58. The van der Waals surface area contributed by atoms with E-state index in [0.717, 1.165) is 30.9 Å². The molecule has 1 amide bonds. The number of piperazine rings is 1. The fraction of sp³-hybridized carbons (Fsp3) is 0.333. The smallest absolute Gasteiger partial charge is 0.238 e. The van der Waals surface area contributed by atoms with Crippen LogP contribution >= 0.6 is 0 Å². The molecule has 1 aliphatic heterocycles. The number of hydrogen-bond donors (Lipinski definition) is 2. The van der Waals surface area contributed by atoms with Gasteiger partial charge in [-0.1, -0.05) is 23.8 Å². The number of carbonyl (C=O) groups excluding carboxylic acids is 1. The molecule has 2 aromatic rings. The van der Waals surface area contributed by atoms with Gasteiger partial charge in [-0.3, -0.25) is 14.7 Å². The lowest BCUT2D eigenvalue weighted by molar-refractivity contribution is -0.118. The van der Waals surface area contributed by atoms with Crippen molar-refractivity contribution in [2.75, 3.05) is 31.5 Å². The molecule has 3 rings (SSSR count). The summed E-state index contributed by atoms with van der Waals surface area (Å²) in [5.74, 6) is 0.0182. The van der Waals surface area contributed by atoms with Crippen molar-refractivity contribution < 1.29 is 4.79 Å². The number of rotatable bonds is 4. The molecular weight excluding hydrogens is 288 g/mol. The standard InChI is InChI=1S/C18H22N4O/c1-14-4-6-16(7-5-14)21-18(23)13-22-10-9-20-12-17(22)15-3-2-8-19-11-15/h2-8,11,17,20H,9-10,12-13H2,1H3,(H,21,23). The van der Waals surface area contributed by atoms with Gasteiger partial charge < -0.3 is 10.6 Å². The van der Waals surface area contributed by atoms with Crippen molar-refractivity contribution >= 4 is 11.6 Å². The minimum Gasteiger partial charge on any atom is -0.325 e. The van der Waals surface area contributed by atoms with Crippen LogP contribution in [0.2, 0.25) is 0 Å². The zero-order chi connectivity index (χ0) is 16.1. The van der Waals surface area contributed by atoms with E-state index in [1.165, 1.54) is 5.56 Å². The summed E-state index contributed by atoms with van der Waals surface area (Å²) in [4.78, 5) is 18.8. The maximum Gasteiger partial charge on any atom is 0.238 e. The molecule has 120 valence electrons. The number of carbonyl (C=O) groups is 1. The Bertz CT molecular complexity index is 642. The Morgan fingerprint density at radius 3 is 2.91 bits per heavy atom. The maximum atomic E-state index is 12.4. The number of benzene rings is 1. The zero-order valence-corrected chi connectivity index (χ0v) is 13.3. The summed E-state index contributed by atoms with van der Waals surface area (Å²) in [5.41, 5.74) is 3.17. The SMILES string of the molecule is Cc1ccc(NC(=O)CN2CCNCC2c2cccnc2)cc1. The number of pyridine rings is 1. The molecule has 2 heterocycles. The normalized spacial score (nSPS) is 18.6. The van der Waals surface area contributed by atoms with Gasteiger partial charge in [0.2, 0.25) is 5.91 Å². The van der Waals surface area contributed by atoms with Gasteiger partial charge in [0.25, 0.3) is 0 Å². The Morgan fingerprint density at radius 1 is 1.35 bits per heavy atom. The highest BCUT2D eigenvalue weighted by molar-refractivity contribution is 5.92. The molecule has 1 aliphatic rings. The molecule has 5 heteroatoms. The molecular formula is C18H22N4O. The van der Waals surface area contributed by atoms with E-state index in [2.05, 4.69) is 26.6 Å². The molecule has 1 atom stereocenters. The lowest BCUT2D eigenvalue weighted by Gasteiger charge is -2.35. The highest BCUT2D eigenvalue weighted by Crippen LogP contribution is 2.21. The number of aromatic nitrogens is 1. The lowest BCUT2D eigenvalue weighted by atomic mass is 10.1. The first-order chi connectivity index (χ1) is 11.2. The Hall–Kier alpha value is -2.24. The van der Waals surface area contributed by atoms with Crippen LogP contribution in [0.5, 0.6) is 0 Å². The summed E-state index contributed by atoms with van der Waals surface area (Å²) in [5, 5.41) is 6.36. The molecule has 0 spiro atoms. The van der Waals surface area contributed by atoms with E-state index in [1.807, 2.05) is 43.5 Å². The van der Waals surface area contributed by atoms with Crippen LogP contribution in [0.25, 0.3) is 0 Å². The molecule has 1 unspecified atom stereocenters. The third-order valence-electron chi connectivity index (χ3n) is 4.11. The number of anilines is 1. The van der Waals surface area contributed by atoms with Crippen LogP contribution in [0.15, 0.2) is 48.8 Å². The fourth-order valence-corrected chi connectivity index (χ4v) is 2.86. The summed E-state index contributed by atoms with van der Waals surface area (Å²) in [6.07, 6.45) is 3.65. The molecule has 23 heavy (non-hydrogen) atoms. The minimum absolute atomic E-state index is 0.0182. The minimum atomic E-state index is 0.0182. The van der Waals surface area contributed by atoms with Crippen LogP contribution < -0.4 is 10.6 Å². The van der Waals surface area contributed by atoms with Gasteiger partial charge in [0.15, 0.2) is 0 Å². The van der Waals surface area contributed by atoms with Crippen LogP contribution in [-0.4, -0.2) is 42.0 Å². The Kier molecular flexibility index (Phi) is 5.00. The maximum absolute atomic E-state index is 12.4. The fourth-order valence-electron chi connectivity index (χ4n) is 2.86. The summed E-state index contributed by atoms with van der Waals surface area (Å²) in [7, 11) is 0. The van der Waals surface area contributed by atoms with E-state index < -0.39 is 0 Å². The van der Waals surface area contributed by atoms with Crippen molar-refractivity contribution in [2.24, 2.45) is 0 Å². The van der Waals surface area contributed by atoms with E-state index in [9.17, 15) is 4.79 Å². The van der Waals surface area contributed by atoms with Gasteiger partial charge in [-0.15, -0.1) is 0 Å².